The lowest BCUT2D eigenvalue weighted by Gasteiger charge is -2.39. The van der Waals surface area contributed by atoms with E-state index in [-0.39, 0.29) is 5.54 Å². The predicted octanol–water partition coefficient (Wildman–Crippen LogP) is 0.759. The average molecular weight is 183 g/mol. The summed E-state index contributed by atoms with van der Waals surface area (Å²) in [6, 6.07) is 0.355. The lowest BCUT2D eigenvalue weighted by atomic mass is 10.0. The zero-order chi connectivity index (χ0) is 9.90. The van der Waals surface area contributed by atoms with E-state index in [0.29, 0.717) is 6.04 Å². The highest BCUT2D eigenvalue weighted by atomic mass is 15.2. The summed E-state index contributed by atoms with van der Waals surface area (Å²) in [5.74, 6) is 0. The Morgan fingerprint density at radius 3 is 2.85 bits per heavy atom. The van der Waals surface area contributed by atoms with Crippen LogP contribution in [0.4, 0.5) is 0 Å². The Morgan fingerprint density at radius 2 is 2.31 bits per heavy atom. The van der Waals surface area contributed by atoms with Gasteiger partial charge in [-0.3, -0.25) is 9.89 Å². The van der Waals surface area contributed by atoms with Crippen molar-refractivity contribution in [1.29, 1.82) is 0 Å². The van der Waals surface area contributed by atoms with Crippen LogP contribution in [-0.2, 0) is 0 Å². The molecule has 1 N–H and O–H groups in total. The van der Waals surface area contributed by atoms with E-state index >= 15 is 0 Å². The number of nitrogens with zero attached hydrogens (tertiary/aromatic N) is 2. The number of hydrogen-bond acceptors (Lipinski definition) is 3. The van der Waals surface area contributed by atoms with Crippen molar-refractivity contribution >= 4 is 6.72 Å². The predicted molar refractivity (Wildman–Crippen MR) is 57.5 cm³/mol. The Labute approximate surface area is 81.2 Å². The van der Waals surface area contributed by atoms with E-state index in [4.69, 9.17) is 0 Å². The molecule has 0 aromatic carbocycles. The summed E-state index contributed by atoms with van der Waals surface area (Å²) in [6.07, 6.45) is 0. The molecule has 0 spiro atoms. The maximum Gasteiger partial charge on any atom is 0.0591 e. The highest BCUT2D eigenvalue weighted by Gasteiger charge is 2.25. The van der Waals surface area contributed by atoms with E-state index < -0.39 is 0 Å². The Hall–Kier alpha value is -0.410. The fourth-order valence-corrected chi connectivity index (χ4v) is 1.83. The van der Waals surface area contributed by atoms with Gasteiger partial charge in [-0.15, -0.1) is 0 Å². The molecule has 1 fully saturated rings. The quantitative estimate of drug-likeness (QED) is 0.654. The van der Waals surface area contributed by atoms with Crippen LogP contribution in [0.25, 0.3) is 0 Å². The molecule has 1 heterocycles. The van der Waals surface area contributed by atoms with Gasteiger partial charge in [0.25, 0.3) is 0 Å². The topological polar surface area (TPSA) is 27.6 Å². The molecular formula is C10H21N3. The second kappa shape index (κ2) is 4.20. The van der Waals surface area contributed by atoms with Crippen LogP contribution in [0.5, 0.6) is 0 Å². The van der Waals surface area contributed by atoms with E-state index in [1.165, 1.54) is 0 Å². The zero-order valence-corrected chi connectivity index (χ0v) is 9.01. The van der Waals surface area contributed by atoms with Crippen LogP contribution < -0.4 is 5.32 Å². The molecular weight excluding hydrogens is 162 g/mol. The normalized spacial score (nSPS) is 25.5. The van der Waals surface area contributed by atoms with Gasteiger partial charge >= 0.3 is 0 Å². The van der Waals surface area contributed by atoms with Crippen molar-refractivity contribution in [3.05, 3.63) is 0 Å². The molecule has 0 bridgehead atoms. The number of piperazine rings is 1. The third-order valence-corrected chi connectivity index (χ3v) is 2.48. The first-order valence-corrected chi connectivity index (χ1v) is 4.97. The van der Waals surface area contributed by atoms with Crippen molar-refractivity contribution < 1.29 is 0 Å². The van der Waals surface area contributed by atoms with Gasteiger partial charge in [-0.2, -0.15) is 0 Å². The third-order valence-electron chi connectivity index (χ3n) is 2.48. The van der Waals surface area contributed by atoms with Crippen molar-refractivity contribution in [2.75, 3.05) is 26.2 Å². The Morgan fingerprint density at radius 1 is 1.62 bits per heavy atom. The van der Waals surface area contributed by atoms with Crippen LogP contribution in [0.1, 0.15) is 20.8 Å². The minimum absolute atomic E-state index is 0.249. The first kappa shape index (κ1) is 10.7. The fourth-order valence-electron chi connectivity index (χ4n) is 1.83. The minimum atomic E-state index is 0.249. The van der Waals surface area contributed by atoms with Gasteiger partial charge in [0, 0.05) is 31.7 Å². The van der Waals surface area contributed by atoms with Gasteiger partial charge in [0.05, 0.1) is 6.04 Å². The van der Waals surface area contributed by atoms with E-state index in [1.807, 2.05) is 0 Å². The molecule has 3 heteroatoms. The van der Waals surface area contributed by atoms with Gasteiger partial charge < -0.3 is 5.32 Å². The molecule has 1 aliphatic heterocycles. The summed E-state index contributed by atoms with van der Waals surface area (Å²) in [5, 5.41) is 3.49. The van der Waals surface area contributed by atoms with Crippen LogP contribution >= 0.6 is 0 Å². The van der Waals surface area contributed by atoms with Crippen molar-refractivity contribution in [1.82, 2.24) is 10.2 Å². The molecule has 0 aliphatic carbocycles. The van der Waals surface area contributed by atoms with Gasteiger partial charge in [0.1, 0.15) is 0 Å². The van der Waals surface area contributed by atoms with Crippen molar-refractivity contribution in [2.45, 2.75) is 32.4 Å². The molecule has 76 valence electrons. The largest absolute Gasteiger partial charge is 0.309 e. The summed E-state index contributed by atoms with van der Waals surface area (Å²) in [4.78, 5) is 6.47. The van der Waals surface area contributed by atoms with Crippen LogP contribution in [0.2, 0.25) is 0 Å². The SMILES string of the molecule is C=NC(C)CN1CCNC(C)(C)C1. The minimum Gasteiger partial charge on any atom is -0.309 e. The summed E-state index contributed by atoms with van der Waals surface area (Å²) in [6.45, 7) is 14.5. The first-order chi connectivity index (χ1) is 6.03. The maximum atomic E-state index is 4.02. The maximum absolute atomic E-state index is 4.02. The molecule has 0 saturated carbocycles. The zero-order valence-electron chi connectivity index (χ0n) is 9.01. The molecule has 1 atom stereocenters. The molecule has 0 aromatic rings. The lowest BCUT2D eigenvalue weighted by Crippen LogP contribution is -2.57. The van der Waals surface area contributed by atoms with Crippen LogP contribution in [0.3, 0.4) is 0 Å². The molecule has 1 aliphatic rings. The Bertz CT molecular complexity index is 177. The van der Waals surface area contributed by atoms with Crippen LogP contribution in [-0.4, -0.2) is 49.4 Å². The third kappa shape index (κ3) is 3.44. The van der Waals surface area contributed by atoms with Gasteiger partial charge in [0.2, 0.25) is 0 Å². The molecule has 13 heavy (non-hydrogen) atoms. The van der Waals surface area contributed by atoms with Crippen LogP contribution in [0, 0.1) is 0 Å². The van der Waals surface area contributed by atoms with Crippen molar-refractivity contribution in [3.8, 4) is 0 Å². The first-order valence-electron chi connectivity index (χ1n) is 4.97. The molecule has 0 aromatic heterocycles. The van der Waals surface area contributed by atoms with Crippen molar-refractivity contribution in [2.24, 2.45) is 4.99 Å². The highest BCUT2D eigenvalue weighted by molar-refractivity contribution is 5.24. The van der Waals surface area contributed by atoms with Gasteiger partial charge in [-0.25, -0.2) is 0 Å². The number of nitrogens with one attached hydrogen (secondary N) is 1. The van der Waals surface area contributed by atoms with E-state index in [2.05, 4.69) is 42.7 Å². The summed E-state index contributed by atoms with van der Waals surface area (Å²) in [7, 11) is 0. The monoisotopic (exact) mass is 183 g/mol. The Kier molecular flexibility index (Phi) is 3.45. The standard InChI is InChI=1S/C10H21N3/c1-9(11-4)7-13-6-5-12-10(2,3)8-13/h9,12H,4-8H2,1-3H3. The molecule has 0 radical (unpaired) electrons. The number of aliphatic imine (C=N–C) groups is 1. The van der Waals surface area contributed by atoms with E-state index in [0.717, 1.165) is 26.2 Å². The van der Waals surface area contributed by atoms with Crippen LogP contribution in [0.15, 0.2) is 4.99 Å². The average Bonchev–Trinajstić information content (AvgIpc) is 2.02. The van der Waals surface area contributed by atoms with Gasteiger partial charge in [-0.05, 0) is 27.5 Å². The Balaban J connectivity index is 2.38. The summed E-state index contributed by atoms with van der Waals surface area (Å²) in [5.41, 5.74) is 0.249. The van der Waals surface area contributed by atoms with Crippen molar-refractivity contribution in [3.63, 3.8) is 0 Å². The van der Waals surface area contributed by atoms with E-state index in [1.54, 1.807) is 0 Å². The number of hydrogen-bond donors (Lipinski definition) is 1. The molecule has 1 rings (SSSR count). The molecule has 3 nitrogen and oxygen atoms in total. The molecule has 1 unspecified atom stereocenters. The van der Waals surface area contributed by atoms with Gasteiger partial charge in [0.15, 0.2) is 0 Å². The second-order valence-corrected chi connectivity index (χ2v) is 4.58. The summed E-state index contributed by atoms with van der Waals surface area (Å²) >= 11 is 0. The molecule has 1 saturated heterocycles. The summed E-state index contributed by atoms with van der Waals surface area (Å²) < 4.78 is 0. The van der Waals surface area contributed by atoms with E-state index in [9.17, 15) is 0 Å². The number of rotatable bonds is 3. The second-order valence-electron chi connectivity index (χ2n) is 4.58. The smallest absolute Gasteiger partial charge is 0.0591 e. The molecule has 0 amide bonds. The fraction of sp³-hybridized carbons (Fsp3) is 0.900. The van der Waals surface area contributed by atoms with Gasteiger partial charge in [-0.1, -0.05) is 0 Å². The highest BCUT2D eigenvalue weighted by Crippen LogP contribution is 2.10. The lowest BCUT2D eigenvalue weighted by molar-refractivity contribution is 0.150.